The van der Waals surface area contributed by atoms with Gasteiger partial charge in [0.25, 0.3) is 0 Å². The molecule has 1 amide bonds. The van der Waals surface area contributed by atoms with Gasteiger partial charge >= 0.3 is 0 Å². The average molecular weight is 337 g/mol. The highest BCUT2D eigenvalue weighted by atomic mass is 32.1. The van der Waals surface area contributed by atoms with E-state index in [9.17, 15) is 4.79 Å². The number of hydrogen-bond acceptors (Lipinski definition) is 6. The smallest absolute Gasteiger partial charge is 0.240 e. The Hall–Kier alpha value is -1.05. The predicted molar refractivity (Wildman–Crippen MR) is 92.9 cm³/mol. The maximum absolute atomic E-state index is 12.2. The molecule has 1 saturated heterocycles. The zero-order chi connectivity index (χ0) is 16.1. The molecule has 1 aromatic heterocycles. The van der Waals surface area contributed by atoms with Crippen LogP contribution >= 0.6 is 11.3 Å². The van der Waals surface area contributed by atoms with Gasteiger partial charge < -0.3 is 4.90 Å². The van der Waals surface area contributed by atoms with Crippen LogP contribution in [0.15, 0.2) is 0 Å². The number of carbonyl (C=O) groups excluding carboxylic acids is 1. The second kappa shape index (κ2) is 8.17. The summed E-state index contributed by atoms with van der Waals surface area (Å²) in [6, 6.07) is 0. The third-order valence-electron chi connectivity index (χ3n) is 4.92. The molecule has 0 unspecified atom stereocenters. The minimum atomic E-state index is 0.0290. The van der Waals surface area contributed by atoms with E-state index in [1.54, 1.807) is 11.3 Å². The molecule has 1 N–H and O–H groups in total. The summed E-state index contributed by atoms with van der Waals surface area (Å²) in [7, 11) is 0. The number of piperazine rings is 1. The molecule has 0 atom stereocenters. The number of rotatable bonds is 5. The molecular weight excluding hydrogens is 310 g/mol. The van der Waals surface area contributed by atoms with Crippen LogP contribution in [0.5, 0.6) is 0 Å². The highest BCUT2D eigenvalue weighted by molar-refractivity contribution is 7.15. The van der Waals surface area contributed by atoms with Crippen LogP contribution in [0.3, 0.4) is 0 Å². The number of anilines is 1. The Bertz CT molecular complexity index is 506. The molecule has 128 valence electrons. The number of nitrogens with one attached hydrogen (secondary N) is 1. The predicted octanol–water partition coefficient (Wildman–Crippen LogP) is 2.16. The second-order valence-corrected chi connectivity index (χ2v) is 7.55. The number of carbonyl (C=O) groups is 1. The molecular formula is C16H27N5OS. The molecule has 7 heteroatoms. The van der Waals surface area contributed by atoms with Gasteiger partial charge in [0.05, 0.1) is 6.54 Å². The summed E-state index contributed by atoms with van der Waals surface area (Å²) in [5.74, 6) is 0.579. The minimum Gasteiger partial charge on any atom is -0.301 e. The Labute approximate surface area is 142 Å². The van der Waals surface area contributed by atoms with Crippen molar-refractivity contribution < 1.29 is 4.79 Å². The zero-order valence-corrected chi connectivity index (χ0v) is 14.8. The fourth-order valence-corrected chi connectivity index (χ4v) is 4.35. The molecule has 0 radical (unpaired) electrons. The number of likely N-dealkylation sites (N-methyl/N-ethyl adjacent to an activating group) is 1. The van der Waals surface area contributed by atoms with Crippen LogP contribution in [0.4, 0.5) is 5.13 Å². The van der Waals surface area contributed by atoms with Gasteiger partial charge in [-0.3, -0.25) is 15.0 Å². The molecule has 0 spiro atoms. The van der Waals surface area contributed by atoms with E-state index >= 15 is 0 Å². The van der Waals surface area contributed by atoms with Crippen LogP contribution in [-0.4, -0.2) is 65.2 Å². The molecule has 6 nitrogen and oxygen atoms in total. The summed E-state index contributed by atoms with van der Waals surface area (Å²) < 4.78 is 0. The standard InChI is InChI=1S/C16H27N5OS/c1-2-20-8-10-21(11-9-20)12-14(22)17-16-19-18-15(23-16)13-6-4-3-5-7-13/h13H,2-12H2,1H3,(H,17,19,22). The van der Waals surface area contributed by atoms with Crippen molar-refractivity contribution in [3.05, 3.63) is 5.01 Å². The molecule has 23 heavy (non-hydrogen) atoms. The monoisotopic (exact) mass is 337 g/mol. The molecule has 1 aromatic rings. The van der Waals surface area contributed by atoms with Gasteiger partial charge in [0, 0.05) is 32.1 Å². The highest BCUT2D eigenvalue weighted by Gasteiger charge is 2.21. The lowest BCUT2D eigenvalue weighted by molar-refractivity contribution is -0.117. The number of hydrogen-bond donors (Lipinski definition) is 1. The number of aromatic nitrogens is 2. The van der Waals surface area contributed by atoms with E-state index in [4.69, 9.17) is 0 Å². The van der Waals surface area contributed by atoms with E-state index in [0.29, 0.717) is 17.6 Å². The SMILES string of the molecule is CCN1CCN(CC(=O)Nc2nnc(C3CCCCC3)s2)CC1. The van der Waals surface area contributed by atoms with E-state index in [-0.39, 0.29) is 5.91 Å². The van der Waals surface area contributed by atoms with Gasteiger partial charge in [-0.1, -0.05) is 37.5 Å². The first kappa shape index (κ1) is 16.8. The van der Waals surface area contributed by atoms with Crippen LogP contribution in [-0.2, 0) is 4.79 Å². The van der Waals surface area contributed by atoms with Crippen LogP contribution in [0.1, 0.15) is 50.0 Å². The molecule has 1 aliphatic heterocycles. The van der Waals surface area contributed by atoms with Crippen LogP contribution in [0, 0.1) is 0 Å². The van der Waals surface area contributed by atoms with Crippen molar-refractivity contribution in [2.75, 3.05) is 44.6 Å². The van der Waals surface area contributed by atoms with Crippen LogP contribution in [0.2, 0.25) is 0 Å². The fourth-order valence-electron chi connectivity index (χ4n) is 3.43. The maximum Gasteiger partial charge on any atom is 0.240 e. The minimum absolute atomic E-state index is 0.0290. The quantitative estimate of drug-likeness (QED) is 0.892. The van der Waals surface area contributed by atoms with Crippen molar-refractivity contribution in [2.24, 2.45) is 0 Å². The molecule has 0 aromatic carbocycles. The Balaban J connectivity index is 1.45. The summed E-state index contributed by atoms with van der Waals surface area (Å²) in [6.45, 7) is 7.75. The van der Waals surface area contributed by atoms with Crippen molar-refractivity contribution in [3.63, 3.8) is 0 Å². The Morgan fingerprint density at radius 1 is 1.13 bits per heavy atom. The lowest BCUT2D eigenvalue weighted by Crippen LogP contribution is -2.48. The van der Waals surface area contributed by atoms with Crippen molar-refractivity contribution in [3.8, 4) is 0 Å². The van der Waals surface area contributed by atoms with Gasteiger partial charge in [-0.05, 0) is 19.4 Å². The van der Waals surface area contributed by atoms with Crippen molar-refractivity contribution >= 4 is 22.4 Å². The largest absolute Gasteiger partial charge is 0.301 e. The van der Waals surface area contributed by atoms with Crippen molar-refractivity contribution in [1.29, 1.82) is 0 Å². The third-order valence-corrected chi connectivity index (χ3v) is 5.92. The summed E-state index contributed by atoms with van der Waals surface area (Å²) in [6.07, 6.45) is 6.34. The molecule has 1 aliphatic carbocycles. The van der Waals surface area contributed by atoms with Crippen molar-refractivity contribution in [1.82, 2.24) is 20.0 Å². The first-order valence-electron chi connectivity index (χ1n) is 8.82. The molecule has 3 rings (SSSR count). The number of nitrogens with zero attached hydrogens (tertiary/aromatic N) is 4. The van der Waals surface area contributed by atoms with E-state index in [1.807, 2.05) is 0 Å². The maximum atomic E-state index is 12.2. The van der Waals surface area contributed by atoms with E-state index in [0.717, 1.165) is 37.7 Å². The second-order valence-electron chi connectivity index (χ2n) is 6.54. The highest BCUT2D eigenvalue weighted by Crippen LogP contribution is 2.35. The molecule has 1 saturated carbocycles. The summed E-state index contributed by atoms with van der Waals surface area (Å²) in [5, 5.41) is 13.1. The van der Waals surface area contributed by atoms with E-state index in [2.05, 4.69) is 32.2 Å². The van der Waals surface area contributed by atoms with E-state index < -0.39 is 0 Å². The molecule has 0 bridgehead atoms. The van der Waals surface area contributed by atoms with Gasteiger partial charge in [-0.15, -0.1) is 10.2 Å². The Kier molecular flexibility index (Phi) is 5.96. The normalized spacial score (nSPS) is 21.4. The Morgan fingerprint density at radius 3 is 2.52 bits per heavy atom. The van der Waals surface area contributed by atoms with Gasteiger partial charge in [-0.2, -0.15) is 0 Å². The van der Waals surface area contributed by atoms with Crippen molar-refractivity contribution in [2.45, 2.75) is 44.9 Å². The first-order chi connectivity index (χ1) is 11.2. The average Bonchev–Trinajstić information content (AvgIpc) is 3.04. The van der Waals surface area contributed by atoms with Gasteiger partial charge in [-0.25, -0.2) is 0 Å². The summed E-state index contributed by atoms with van der Waals surface area (Å²) in [4.78, 5) is 16.8. The first-order valence-corrected chi connectivity index (χ1v) is 9.64. The summed E-state index contributed by atoms with van der Waals surface area (Å²) in [5.41, 5.74) is 0. The molecule has 2 aliphatic rings. The lowest BCUT2D eigenvalue weighted by Gasteiger charge is -2.33. The molecule has 2 heterocycles. The zero-order valence-electron chi connectivity index (χ0n) is 14.0. The van der Waals surface area contributed by atoms with Crippen LogP contribution < -0.4 is 5.32 Å². The lowest BCUT2D eigenvalue weighted by atomic mass is 9.90. The molecule has 2 fully saturated rings. The topological polar surface area (TPSA) is 61.4 Å². The Morgan fingerprint density at radius 2 is 1.83 bits per heavy atom. The number of amides is 1. The third kappa shape index (κ3) is 4.71. The van der Waals surface area contributed by atoms with Gasteiger partial charge in [0.1, 0.15) is 5.01 Å². The van der Waals surface area contributed by atoms with Gasteiger partial charge in [0.2, 0.25) is 11.0 Å². The van der Waals surface area contributed by atoms with Gasteiger partial charge in [0.15, 0.2) is 0 Å². The summed E-state index contributed by atoms with van der Waals surface area (Å²) >= 11 is 1.55. The van der Waals surface area contributed by atoms with Crippen LogP contribution in [0.25, 0.3) is 0 Å². The fraction of sp³-hybridized carbons (Fsp3) is 0.812. The van der Waals surface area contributed by atoms with E-state index in [1.165, 1.54) is 32.1 Å².